The molecule has 0 rings (SSSR count). The summed E-state index contributed by atoms with van der Waals surface area (Å²) in [5.74, 6) is -0.344. The molecule has 0 aromatic carbocycles. The van der Waals surface area contributed by atoms with Crippen LogP contribution in [0.5, 0.6) is 0 Å². The highest BCUT2D eigenvalue weighted by molar-refractivity contribution is 5.75. The van der Waals surface area contributed by atoms with Crippen LogP contribution in [0.3, 0.4) is 0 Å². The van der Waals surface area contributed by atoms with E-state index in [0.29, 0.717) is 0 Å². The van der Waals surface area contributed by atoms with Gasteiger partial charge in [-0.05, 0) is 27.2 Å². The predicted molar refractivity (Wildman–Crippen MR) is 52.6 cm³/mol. The van der Waals surface area contributed by atoms with E-state index in [1.807, 2.05) is 27.7 Å². The third-order valence-electron chi connectivity index (χ3n) is 2.28. The van der Waals surface area contributed by atoms with Crippen molar-refractivity contribution in [3.63, 3.8) is 0 Å². The van der Waals surface area contributed by atoms with Crippen LogP contribution < -0.4 is 0 Å². The Morgan fingerprint density at radius 2 is 2.00 bits per heavy atom. The second-order valence-corrected chi connectivity index (χ2v) is 3.94. The highest BCUT2D eigenvalue weighted by atomic mass is 17.2. The van der Waals surface area contributed by atoms with Crippen LogP contribution in [0.15, 0.2) is 0 Å². The fraction of sp³-hybridized carbons (Fsp3) is 0.900. The standard InChI is InChI=1S/C10H20O4/c1-6-10(3,4)9(11)14-13-7-8(2)12-5/h8H,6-7H2,1-5H3. The topological polar surface area (TPSA) is 44.8 Å². The minimum atomic E-state index is -0.490. The number of rotatable bonds is 6. The Morgan fingerprint density at radius 3 is 2.43 bits per heavy atom. The lowest BCUT2D eigenvalue weighted by molar-refractivity contribution is -0.288. The summed E-state index contributed by atoms with van der Waals surface area (Å²) in [6.07, 6.45) is 0.641. The van der Waals surface area contributed by atoms with Gasteiger partial charge >= 0.3 is 5.97 Å². The van der Waals surface area contributed by atoms with Gasteiger partial charge in [0, 0.05) is 7.11 Å². The molecule has 1 unspecified atom stereocenters. The van der Waals surface area contributed by atoms with Gasteiger partial charge in [0.15, 0.2) is 0 Å². The SMILES string of the molecule is CCC(C)(C)C(=O)OOCC(C)OC. The Morgan fingerprint density at radius 1 is 1.43 bits per heavy atom. The van der Waals surface area contributed by atoms with Crippen molar-refractivity contribution in [1.82, 2.24) is 0 Å². The van der Waals surface area contributed by atoms with Gasteiger partial charge in [0.05, 0.1) is 11.5 Å². The quantitative estimate of drug-likeness (QED) is 0.490. The second kappa shape index (κ2) is 5.98. The van der Waals surface area contributed by atoms with Crippen LogP contribution in [0.1, 0.15) is 34.1 Å². The van der Waals surface area contributed by atoms with Crippen molar-refractivity contribution in [2.24, 2.45) is 5.41 Å². The van der Waals surface area contributed by atoms with Crippen molar-refractivity contribution >= 4 is 5.97 Å². The van der Waals surface area contributed by atoms with Gasteiger partial charge in [0.1, 0.15) is 6.61 Å². The number of carbonyl (C=O) groups excluding carboxylic acids is 1. The summed E-state index contributed by atoms with van der Waals surface area (Å²) in [5.41, 5.74) is -0.490. The molecular weight excluding hydrogens is 184 g/mol. The van der Waals surface area contributed by atoms with Gasteiger partial charge < -0.3 is 4.74 Å². The van der Waals surface area contributed by atoms with Crippen molar-refractivity contribution in [3.05, 3.63) is 0 Å². The zero-order chi connectivity index (χ0) is 11.2. The lowest BCUT2D eigenvalue weighted by Crippen LogP contribution is -2.27. The molecule has 1 atom stereocenters. The first-order valence-corrected chi connectivity index (χ1v) is 4.80. The third-order valence-corrected chi connectivity index (χ3v) is 2.28. The largest absolute Gasteiger partial charge is 0.379 e. The molecule has 0 aromatic heterocycles. The molecule has 0 fully saturated rings. The molecule has 0 aliphatic heterocycles. The Balaban J connectivity index is 3.75. The molecule has 0 heterocycles. The summed E-state index contributed by atoms with van der Waals surface area (Å²) in [5, 5.41) is 0. The first-order valence-electron chi connectivity index (χ1n) is 4.80. The van der Waals surface area contributed by atoms with Crippen molar-refractivity contribution < 1.29 is 19.3 Å². The Hall–Kier alpha value is -0.610. The lowest BCUT2D eigenvalue weighted by Gasteiger charge is -2.19. The fourth-order valence-electron chi connectivity index (χ4n) is 0.509. The first kappa shape index (κ1) is 13.4. The van der Waals surface area contributed by atoms with Crippen LogP contribution in [0.25, 0.3) is 0 Å². The van der Waals surface area contributed by atoms with E-state index in [0.717, 1.165) is 6.42 Å². The minimum absolute atomic E-state index is 0.0764. The number of hydrogen-bond acceptors (Lipinski definition) is 4. The van der Waals surface area contributed by atoms with Gasteiger partial charge in [-0.1, -0.05) is 6.92 Å². The maximum absolute atomic E-state index is 11.4. The van der Waals surface area contributed by atoms with Crippen molar-refractivity contribution in [2.75, 3.05) is 13.7 Å². The zero-order valence-electron chi connectivity index (χ0n) is 9.62. The summed E-state index contributed by atoms with van der Waals surface area (Å²) in [6.45, 7) is 7.65. The van der Waals surface area contributed by atoms with Gasteiger partial charge in [-0.2, -0.15) is 4.89 Å². The molecule has 84 valence electrons. The van der Waals surface area contributed by atoms with E-state index in [1.54, 1.807) is 7.11 Å². The molecule has 0 spiro atoms. The zero-order valence-corrected chi connectivity index (χ0v) is 9.62. The molecule has 0 aromatic rings. The van der Waals surface area contributed by atoms with Crippen LogP contribution in [0, 0.1) is 5.41 Å². The highest BCUT2D eigenvalue weighted by Crippen LogP contribution is 2.21. The molecule has 0 N–H and O–H groups in total. The van der Waals surface area contributed by atoms with Gasteiger partial charge in [-0.3, -0.25) is 4.89 Å². The van der Waals surface area contributed by atoms with Crippen LogP contribution in [-0.2, 0) is 19.3 Å². The maximum Gasteiger partial charge on any atom is 0.347 e. The van der Waals surface area contributed by atoms with E-state index in [9.17, 15) is 4.79 Å². The Labute approximate surface area is 85.5 Å². The van der Waals surface area contributed by atoms with Crippen molar-refractivity contribution in [3.8, 4) is 0 Å². The van der Waals surface area contributed by atoms with Gasteiger partial charge in [-0.25, -0.2) is 4.79 Å². The summed E-state index contributed by atoms with van der Waals surface area (Å²) in [6, 6.07) is 0. The van der Waals surface area contributed by atoms with Crippen LogP contribution in [0.2, 0.25) is 0 Å². The summed E-state index contributed by atoms with van der Waals surface area (Å²) in [4.78, 5) is 20.8. The number of methoxy groups -OCH3 is 1. The molecule has 0 bridgehead atoms. The minimum Gasteiger partial charge on any atom is -0.379 e. The molecule has 0 saturated heterocycles. The molecule has 0 aliphatic rings. The average Bonchev–Trinajstić information content (AvgIpc) is 2.17. The molecule has 14 heavy (non-hydrogen) atoms. The van der Waals surface area contributed by atoms with E-state index in [-0.39, 0.29) is 18.7 Å². The van der Waals surface area contributed by atoms with Crippen molar-refractivity contribution in [2.45, 2.75) is 40.2 Å². The van der Waals surface area contributed by atoms with E-state index in [1.165, 1.54) is 0 Å². The fourth-order valence-corrected chi connectivity index (χ4v) is 0.509. The lowest BCUT2D eigenvalue weighted by atomic mass is 9.91. The maximum atomic E-state index is 11.4. The van der Waals surface area contributed by atoms with E-state index in [2.05, 4.69) is 4.89 Å². The number of ether oxygens (including phenoxy) is 1. The molecule has 0 saturated carbocycles. The van der Waals surface area contributed by atoms with E-state index in [4.69, 9.17) is 9.62 Å². The summed E-state index contributed by atoms with van der Waals surface area (Å²) in [7, 11) is 1.58. The molecule has 4 nitrogen and oxygen atoms in total. The van der Waals surface area contributed by atoms with E-state index < -0.39 is 5.41 Å². The Kier molecular flexibility index (Phi) is 5.72. The molecule has 0 amide bonds. The second-order valence-electron chi connectivity index (χ2n) is 3.94. The smallest absolute Gasteiger partial charge is 0.347 e. The number of carbonyl (C=O) groups is 1. The first-order chi connectivity index (χ1) is 6.44. The summed E-state index contributed by atoms with van der Waals surface area (Å²) < 4.78 is 4.93. The summed E-state index contributed by atoms with van der Waals surface area (Å²) >= 11 is 0. The number of hydrogen-bond donors (Lipinski definition) is 0. The van der Waals surface area contributed by atoms with Gasteiger partial charge in [0.2, 0.25) is 0 Å². The molecule has 4 heteroatoms. The predicted octanol–water partition coefficient (Wildman–Crippen LogP) is 1.93. The van der Waals surface area contributed by atoms with Crippen LogP contribution in [0.4, 0.5) is 0 Å². The van der Waals surface area contributed by atoms with Crippen LogP contribution in [-0.4, -0.2) is 25.8 Å². The highest BCUT2D eigenvalue weighted by Gasteiger charge is 2.28. The molecule has 0 radical (unpaired) electrons. The van der Waals surface area contributed by atoms with Gasteiger partial charge in [-0.15, -0.1) is 0 Å². The van der Waals surface area contributed by atoms with Crippen LogP contribution >= 0.6 is 0 Å². The Bertz CT molecular complexity index is 177. The average molecular weight is 204 g/mol. The third kappa shape index (κ3) is 4.58. The normalized spacial score (nSPS) is 13.8. The monoisotopic (exact) mass is 204 g/mol. The molecule has 0 aliphatic carbocycles. The van der Waals surface area contributed by atoms with E-state index >= 15 is 0 Å². The van der Waals surface area contributed by atoms with Gasteiger partial charge in [0.25, 0.3) is 0 Å². The molecular formula is C10H20O4. The van der Waals surface area contributed by atoms with Crippen molar-refractivity contribution in [1.29, 1.82) is 0 Å².